The molecule has 0 aromatic carbocycles. The SMILES string of the molecule is CCCN1C(=O)CC(CC)NC1=O. The lowest BCUT2D eigenvalue weighted by Gasteiger charge is -2.30. The van der Waals surface area contributed by atoms with Gasteiger partial charge in [0.25, 0.3) is 0 Å². The number of hydrogen-bond acceptors (Lipinski definition) is 2. The van der Waals surface area contributed by atoms with Gasteiger partial charge in [0.05, 0.1) is 0 Å². The number of carbonyl (C=O) groups is 2. The normalized spacial score (nSPS) is 23.2. The predicted octanol–water partition coefficient (Wildman–Crippen LogP) is 1.12. The molecule has 0 saturated carbocycles. The number of amides is 3. The number of urea groups is 1. The molecule has 3 amide bonds. The van der Waals surface area contributed by atoms with E-state index >= 15 is 0 Å². The van der Waals surface area contributed by atoms with E-state index in [0.717, 1.165) is 12.8 Å². The van der Waals surface area contributed by atoms with Gasteiger partial charge in [0, 0.05) is 19.0 Å². The lowest BCUT2D eigenvalue weighted by atomic mass is 10.1. The Bertz CT molecular complexity index is 198. The highest BCUT2D eigenvalue weighted by Crippen LogP contribution is 2.10. The second kappa shape index (κ2) is 4.25. The summed E-state index contributed by atoms with van der Waals surface area (Å²) in [6, 6.07) is -0.196. The fourth-order valence-electron chi connectivity index (χ4n) is 1.43. The van der Waals surface area contributed by atoms with Gasteiger partial charge in [0.1, 0.15) is 0 Å². The summed E-state index contributed by atoms with van der Waals surface area (Å²) in [6.45, 7) is 4.45. The molecule has 0 radical (unpaired) electrons. The third-order valence-electron chi connectivity index (χ3n) is 2.23. The maximum atomic E-state index is 11.4. The first kappa shape index (κ1) is 10.0. The van der Waals surface area contributed by atoms with Crippen LogP contribution in [0.3, 0.4) is 0 Å². The molecule has 4 nitrogen and oxygen atoms in total. The van der Waals surface area contributed by atoms with E-state index in [-0.39, 0.29) is 18.0 Å². The fourth-order valence-corrected chi connectivity index (χ4v) is 1.43. The van der Waals surface area contributed by atoms with Crippen LogP contribution in [-0.2, 0) is 4.79 Å². The maximum absolute atomic E-state index is 11.4. The van der Waals surface area contributed by atoms with E-state index in [2.05, 4.69) is 5.32 Å². The molecule has 74 valence electrons. The molecular weight excluding hydrogens is 168 g/mol. The van der Waals surface area contributed by atoms with Crippen molar-refractivity contribution in [3.63, 3.8) is 0 Å². The number of nitrogens with one attached hydrogen (secondary N) is 1. The minimum absolute atomic E-state index is 0.0353. The van der Waals surface area contributed by atoms with Crippen molar-refractivity contribution < 1.29 is 9.59 Å². The Morgan fingerprint density at radius 2 is 2.15 bits per heavy atom. The van der Waals surface area contributed by atoms with Gasteiger partial charge in [-0.2, -0.15) is 0 Å². The van der Waals surface area contributed by atoms with Crippen molar-refractivity contribution >= 4 is 11.9 Å². The molecule has 1 rings (SSSR count). The summed E-state index contributed by atoms with van der Waals surface area (Å²) in [4.78, 5) is 24.1. The summed E-state index contributed by atoms with van der Waals surface area (Å²) >= 11 is 0. The van der Waals surface area contributed by atoms with E-state index in [1.54, 1.807) is 0 Å². The molecule has 0 spiro atoms. The average molecular weight is 184 g/mol. The average Bonchev–Trinajstić information content (AvgIpc) is 2.11. The third kappa shape index (κ3) is 2.20. The first-order valence-corrected chi connectivity index (χ1v) is 4.79. The number of nitrogens with zero attached hydrogens (tertiary/aromatic N) is 1. The van der Waals surface area contributed by atoms with Crippen molar-refractivity contribution in [2.75, 3.05) is 6.54 Å². The lowest BCUT2D eigenvalue weighted by molar-refractivity contribution is -0.130. The molecule has 4 heteroatoms. The maximum Gasteiger partial charge on any atom is 0.324 e. The van der Waals surface area contributed by atoms with Crippen LogP contribution in [0.2, 0.25) is 0 Å². The Morgan fingerprint density at radius 3 is 2.62 bits per heavy atom. The van der Waals surface area contributed by atoms with E-state index in [1.807, 2.05) is 13.8 Å². The smallest absolute Gasteiger partial charge is 0.324 e. The number of hydrogen-bond donors (Lipinski definition) is 1. The zero-order valence-corrected chi connectivity index (χ0v) is 8.17. The van der Waals surface area contributed by atoms with Crippen molar-refractivity contribution in [1.29, 1.82) is 0 Å². The molecule has 0 aromatic rings. The summed E-state index contributed by atoms with van der Waals surface area (Å²) < 4.78 is 0. The molecule has 1 aliphatic heterocycles. The topological polar surface area (TPSA) is 49.4 Å². The van der Waals surface area contributed by atoms with Gasteiger partial charge in [-0.15, -0.1) is 0 Å². The summed E-state index contributed by atoms with van der Waals surface area (Å²) in [5, 5.41) is 2.80. The number of rotatable bonds is 3. The Labute approximate surface area is 78.3 Å². The lowest BCUT2D eigenvalue weighted by Crippen LogP contribution is -2.54. The van der Waals surface area contributed by atoms with Gasteiger partial charge in [-0.3, -0.25) is 9.69 Å². The van der Waals surface area contributed by atoms with Gasteiger partial charge in [-0.1, -0.05) is 13.8 Å². The molecule has 1 unspecified atom stereocenters. The van der Waals surface area contributed by atoms with E-state index in [9.17, 15) is 9.59 Å². The molecule has 1 aliphatic rings. The summed E-state index contributed by atoms with van der Waals surface area (Å²) in [5.74, 6) is -0.0440. The summed E-state index contributed by atoms with van der Waals surface area (Å²) in [7, 11) is 0. The molecule has 1 atom stereocenters. The van der Waals surface area contributed by atoms with Gasteiger partial charge in [-0.05, 0) is 12.8 Å². The Balaban J connectivity index is 2.59. The molecule has 1 saturated heterocycles. The van der Waals surface area contributed by atoms with Gasteiger partial charge in [0.15, 0.2) is 0 Å². The Hall–Kier alpha value is -1.06. The van der Waals surface area contributed by atoms with Gasteiger partial charge in [-0.25, -0.2) is 4.79 Å². The minimum atomic E-state index is -0.232. The largest absolute Gasteiger partial charge is 0.334 e. The van der Waals surface area contributed by atoms with Crippen LogP contribution in [0, 0.1) is 0 Å². The van der Waals surface area contributed by atoms with E-state index in [1.165, 1.54) is 4.90 Å². The van der Waals surface area contributed by atoms with E-state index < -0.39 is 0 Å². The van der Waals surface area contributed by atoms with Crippen molar-refractivity contribution in [3.05, 3.63) is 0 Å². The molecule has 0 aromatic heterocycles. The first-order chi connectivity index (χ1) is 6.19. The molecular formula is C9H16N2O2. The van der Waals surface area contributed by atoms with Crippen LogP contribution >= 0.6 is 0 Å². The minimum Gasteiger partial charge on any atom is -0.334 e. The Kier molecular flexibility index (Phi) is 3.28. The molecule has 0 bridgehead atoms. The van der Waals surface area contributed by atoms with E-state index in [0.29, 0.717) is 13.0 Å². The quantitative estimate of drug-likeness (QED) is 0.714. The summed E-state index contributed by atoms with van der Waals surface area (Å²) in [6.07, 6.45) is 2.08. The van der Waals surface area contributed by atoms with Crippen LogP contribution in [0.4, 0.5) is 4.79 Å². The van der Waals surface area contributed by atoms with Crippen LogP contribution in [0.15, 0.2) is 0 Å². The number of imide groups is 1. The zero-order valence-electron chi connectivity index (χ0n) is 8.17. The van der Waals surface area contributed by atoms with Crippen LogP contribution in [-0.4, -0.2) is 29.4 Å². The standard InChI is InChI=1S/C9H16N2O2/c1-3-5-11-8(12)6-7(4-2)10-9(11)13/h7H,3-6H2,1-2H3,(H,10,13). The van der Waals surface area contributed by atoms with Gasteiger partial charge < -0.3 is 5.32 Å². The highest BCUT2D eigenvalue weighted by Gasteiger charge is 2.29. The van der Waals surface area contributed by atoms with Crippen LogP contribution < -0.4 is 5.32 Å². The van der Waals surface area contributed by atoms with Crippen molar-refractivity contribution in [1.82, 2.24) is 10.2 Å². The molecule has 0 aliphatic carbocycles. The highest BCUT2D eigenvalue weighted by atomic mass is 16.2. The molecule has 1 heterocycles. The second-order valence-corrected chi connectivity index (χ2v) is 3.30. The van der Waals surface area contributed by atoms with Crippen LogP contribution in [0.5, 0.6) is 0 Å². The summed E-state index contributed by atoms with van der Waals surface area (Å²) in [5.41, 5.74) is 0. The third-order valence-corrected chi connectivity index (χ3v) is 2.23. The predicted molar refractivity (Wildman–Crippen MR) is 49.2 cm³/mol. The Morgan fingerprint density at radius 1 is 1.46 bits per heavy atom. The van der Waals surface area contributed by atoms with E-state index in [4.69, 9.17) is 0 Å². The fraction of sp³-hybridized carbons (Fsp3) is 0.778. The van der Waals surface area contributed by atoms with Crippen molar-refractivity contribution in [2.45, 2.75) is 39.2 Å². The molecule has 13 heavy (non-hydrogen) atoms. The monoisotopic (exact) mass is 184 g/mol. The molecule has 1 N–H and O–H groups in total. The van der Waals surface area contributed by atoms with Gasteiger partial charge >= 0.3 is 6.03 Å². The molecule has 1 fully saturated rings. The van der Waals surface area contributed by atoms with Crippen LogP contribution in [0.25, 0.3) is 0 Å². The zero-order chi connectivity index (χ0) is 9.84. The second-order valence-electron chi connectivity index (χ2n) is 3.30. The van der Waals surface area contributed by atoms with Crippen LogP contribution in [0.1, 0.15) is 33.1 Å². The first-order valence-electron chi connectivity index (χ1n) is 4.79. The van der Waals surface area contributed by atoms with Gasteiger partial charge in [0.2, 0.25) is 5.91 Å². The van der Waals surface area contributed by atoms with Crippen molar-refractivity contribution in [2.24, 2.45) is 0 Å². The highest BCUT2D eigenvalue weighted by molar-refractivity contribution is 5.97. The number of carbonyl (C=O) groups excluding carboxylic acids is 2. The van der Waals surface area contributed by atoms with Crippen molar-refractivity contribution in [3.8, 4) is 0 Å².